The van der Waals surface area contributed by atoms with Crippen LogP contribution in [0.15, 0.2) is 286 Å². The van der Waals surface area contributed by atoms with Crippen LogP contribution in [0, 0.1) is 0 Å². The number of aromatic nitrogens is 1. The van der Waals surface area contributed by atoms with Gasteiger partial charge in [0, 0.05) is 28.7 Å². The molecule has 332 valence electrons. The van der Waals surface area contributed by atoms with E-state index in [0.29, 0.717) is 0 Å². The summed E-state index contributed by atoms with van der Waals surface area (Å²) >= 11 is 0. The Balaban J connectivity index is 1.34. The van der Waals surface area contributed by atoms with E-state index in [0.717, 1.165) is 84.7 Å². The maximum absolute atomic E-state index is 5.81. The van der Waals surface area contributed by atoms with Crippen LogP contribution in [0.1, 0.15) is 43.0 Å². The number of nitrogens with zero attached hydrogens (tertiary/aromatic N) is 1. The van der Waals surface area contributed by atoms with Gasteiger partial charge in [-0.1, -0.05) is 226 Å². The van der Waals surface area contributed by atoms with Gasteiger partial charge >= 0.3 is 0 Å². The summed E-state index contributed by atoms with van der Waals surface area (Å²) in [5.74, 6) is 0. The fourth-order valence-corrected chi connectivity index (χ4v) is 7.54. The lowest BCUT2D eigenvalue weighted by molar-refractivity contribution is 0.910. The Kier molecular flexibility index (Phi) is 18.1. The summed E-state index contributed by atoms with van der Waals surface area (Å²) in [6, 6.07) is 44.9. The first-order valence-electron chi connectivity index (χ1n) is 22.6. The fourth-order valence-electron chi connectivity index (χ4n) is 7.54. The highest BCUT2D eigenvalue weighted by atomic mass is 15.0. The quantitative estimate of drug-likeness (QED) is 0.0751. The standard InChI is InChI=1S/C64H61N3/c1-7-9-27-52(53-28-15-10-16-29-53)34-24-35-55(32-19-12-20-33-56(44-45-65)54-30-17-11-18-31-54)57-38-41-60(42-39-57)67-63-37-22-21-36-61(63)62-48-59(40-43-64(62)67)58(25-8-2)47-51(6)50(5)26-14-13-23-46-66-49(3)4/h7-45,47-48,66H,2-3,5,46,65H2,1,4,6H3/b9-7+,20-12+,23-13-,26-14-,32-19+,34-24-,45-44-,51-47+,52-27+,55-35+,56-33+,58-25+. The van der Waals surface area contributed by atoms with Crippen molar-refractivity contribution in [1.29, 1.82) is 0 Å². The van der Waals surface area contributed by atoms with Crippen molar-refractivity contribution in [1.82, 2.24) is 9.88 Å². The molecular weight excluding hydrogens is 811 g/mol. The van der Waals surface area contributed by atoms with Gasteiger partial charge < -0.3 is 15.6 Å². The lowest BCUT2D eigenvalue weighted by Gasteiger charge is -2.11. The summed E-state index contributed by atoms with van der Waals surface area (Å²) in [6.45, 7) is 19.1. The van der Waals surface area contributed by atoms with E-state index in [1.165, 1.54) is 10.8 Å². The molecule has 0 saturated heterocycles. The van der Waals surface area contributed by atoms with Crippen molar-refractivity contribution in [3.05, 3.63) is 308 Å². The summed E-state index contributed by atoms with van der Waals surface area (Å²) in [5.41, 5.74) is 20.9. The molecule has 0 aliphatic rings. The second kappa shape index (κ2) is 25.2. The van der Waals surface area contributed by atoms with Crippen molar-refractivity contribution in [2.45, 2.75) is 20.8 Å². The number of allylic oxidation sites excluding steroid dienone is 25. The summed E-state index contributed by atoms with van der Waals surface area (Å²) < 4.78 is 2.36. The molecule has 1 aromatic heterocycles. The lowest BCUT2D eigenvalue weighted by Crippen LogP contribution is -2.08. The zero-order valence-corrected chi connectivity index (χ0v) is 39.0. The maximum Gasteiger partial charge on any atom is 0.0541 e. The average molecular weight is 872 g/mol. The van der Waals surface area contributed by atoms with Gasteiger partial charge in [-0.05, 0) is 119 Å². The van der Waals surface area contributed by atoms with Crippen LogP contribution in [0.3, 0.4) is 0 Å². The van der Waals surface area contributed by atoms with Crippen LogP contribution in [-0.4, -0.2) is 11.1 Å². The minimum atomic E-state index is 0.736. The molecule has 1 heterocycles. The van der Waals surface area contributed by atoms with E-state index in [1.54, 1.807) is 6.20 Å². The number of nitrogens with two attached hydrogens (primary N) is 1. The molecule has 6 rings (SSSR count). The van der Waals surface area contributed by atoms with Gasteiger partial charge in [0.05, 0.1) is 11.0 Å². The predicted molar refractivity (Wildman–Crippen MR) is 295 cm³/mol. The van der Waals surface area contributed by atoms with Gasteiger partial charge in [0.25, 0.3) is 0 Å². The molecule has 3 N–H and O–H groups in total. The van der Waals surface area contributed by atoms with Crippen LogP contribution in [0.2, 0.25) is 0 Å². The van der Waals surface area contributed by atoms with Crippen molar-refractivity contribution in [3.63, 3.8) is 0 Å². The minimum absolute atomic E-state index is 0.736. The smallest absolute Gasteiger partial charge is 0.0541 e. The molecule has 0 spiro atoms. The van der Waals surface area contributed by atoms with E-state index >= 15 is 0 Å². The number of hydrogen-bond donors (Lipinski definition) is 2. The monoisotopic (exact) mass is 871 g/mol. The van der Waals surface area contributed by atoms with E-state index < -0.39 is 0 Å². The first kappa shape index (κ1) is 48.1. The average Bonchev–Trinajstić information content (AvgIpc) is 3.69. The molecule has 0 radical (unpaired) electrons. The van der Waals surface area contributed by atoms with Gasteiger partial charge in [0.2, 0.25) is 0 Å². The summed E-state index contributed by atoms with van der Waals surface area (Å²) in [4.78, 5) is 0. The number of fused-ring (bicyclic) bond motifs is 3. The molecule has 0 atom stereocenters. The molecule has 0 amide bonds. The van der Waals surface area contributed by atoms with Crippen molar-refractivity contribution < 1.29 is 0 Å². The van der Waals surface area contributed by atoms with Crippen LogP contribution in [-0.2, 0) is 0 Å². The van der Waals surface area contributed by atoms with Crippen molar-refractivity contribution in [2.75, 3.05) is 6.54 Å². The highest BCUT2D eigenvalue weighted by Gasteiger charge is 2.14. The van der Waals surface area contributed by atoms with Crippen molar-refractivity contribution in [3.8, 4) is 5.69 Å². The molecule has 3 heteroatoms. The Morgan fingerprint density at radius 3 is 1.81 bits per heavy atom. The van der Waals surface area contributed by atoms with Crippen LogP contribution in [0.5, 0.6) is 0 Å². The summed E-state index contributed by atoms with van der Waals surface area (Å²) in [7, 11) is 0. The number of para-hydroxylation sites is 1. The molecule has 0 fully saturated rings. The van der Waals surface area contributed by atoms with Gasteiger partial charge in [-0.25, -0.2) is 0 Å². The topological polar surface area (TPSA) is 43.0 Å². The SMILES string of the molecule is C=C/C=C(\C=C(/C)C(=C)/C=C\C=C/CNC(=C)C)c1ccc2c(c1)c1ccccc1n2-c1ccc(C(/C=C/C=C/C=C(\C=C/N)c2ccccc2)=C/C=C\C(=C/C=C/C)c2ccccc2)cc1. The third-order valence-corrected chi connectivity index (χ3v) is 11.0. The lowest BCUT2D eigenvalue weighted by atomic mass is 9.98. The Labute approximate surface area is 398 Å². The molecule has 0 unspecified atom stereocenters. The Hall–Kier alpha value is -8.40. The van der Waals surface area contributed by atoms with Gasteiger partial charge in [0.15, 0.2) is 0 Å². The number of rotatable bonds is 20. The predicted octanol–water partition coefficient (Wildman–Crippen LogP) is 16.4. The zero-order chi connectivity index (χ0) is 47.2. The van der Waals surface area contributed by atoms with Gasteiger partial charge in [-0.2, -0.15) is 0 Å². The number of hydrogen-bond acceptors (Lipinski definition) is 2. The first-order chi connectivity index (χ1) is 32.8. The van der Waals surface area contributed by atoms with E-state index in [4.69, 9.17) is 5.73 Å². The molecule has 67 heavy (non-hydrogen) atoms. The van der Waals surface area contributed by atoms with Gasteiger partial charge in [0.1, 0.15) is 0 Å². The highest BCUT2D eigenvalue weighted by molar-refractivity contribution is 6.10. The van der Waals surface area contributed by atoms with Crippen LogP contribution in [0.25, 0.3) is 49.8 Å². The second-order valence-corrected chi connectivity index (χ2v) is 15.9. The molecule has 0 aliphatic carbocycles. The minimum Gasteiger partial charge on any atom is -0.405 e. The molecule has 0 bridgehead atoms. The number of benzene rings is 5. The molecule has 0 aliphatic heterocycles. The van der Waals surface area contributed by atoms with Crippen LogP contribution < -0.4 is 11.1 Å². The molecule has 6 aromatic rings. The van der Waals surface area contributed by atoms with Crippen LogP contribution in [0.4, 0.5) is 0 Å². The molecule has 5 aromatic carbocycles. The largest absolute Gasteiger partial charge is 0.405 e. The third-order valence-electron chi connectivity index (χ3n) is 11.0. The zero-order valence-electron chi connectivity index (χ0n) is 39.0. The van der Waals surface area contributed by atoms with Crippen molar-refractivity contribution >= 4 is 44.1 Å². The molecule has 0 saturated carbocycles. The summed E-state index contributed by atoms with van der Waals surface area (Å²) in [5, 5.41) is 5.57. The summed E-state index contributed by atoms with van der Waals surface area (Å²) in [6.07, 6.45) is 40.9. The third kappa shape index (κ3) is 13.6. The highest BCUT2D eigenvalue weighted by Crippen LogP contribution is 2.35. The normalized spacial score (nSPS) is 13.6. The van der Waals surface area contributed by atoms with Gasteiger partial charge in [-0.15, -0.1) is 0 Å². The Morgan fingerprint density at radius 2 is 1.13 bits per heavy atom. The van der Waals surface area contributed by atoms with E-state index in [-0.39, 0.29) is 0 Å². The first-order valence-corrected chi connectivity index (χ1v) is 22.6. The van der Waals surface area contributed by atoms with Gasteiger partial charge in [-0.3, -0.25) is 0 Å². The Bertz CT molecular complexity index is 3050. The maximum atomic E-state index is 5.81. The number of nitrogens with one attached hydrogen (secondary N) is 1. The Morgan fingerprint density at radius 1 is 0.552 bits per heavy atom. The van der Waals surface area contributed by atoms with E-state index in [1.807, 2.05) is 80.6 Å². The van der Waals surface area contributed by atoms with Crippen molar-refractivity contribution in [2.24, 2.45) is 5.73 Å². The van der Waals surface area contributed by atoms with E-state index in [9.17, 15) is 0 Å². The molecular formula is C64H61N3. The van der Waals surface area contributed by atoms with E-state index in [2.05, 4.69) is 213 Å². The molecule has 3 nitrogen and oxygen atoms in total. The second-order valence-electron chi connectivity index (χ2n) is 15.9. The fraction of sp³-hybridized carbons (Fsp3) is 0.0625. The van der Waals surface area contributed by atoms with Crippen LogP contribution >= 0.6 is 0 Å².